The zero-order valence-corrected chi connectivity index (χ0v) is 48.9. The molecule has 0 N–H and O–H groups in total. The van der Waals surface area contributed by atoms with E-state index >= 15 is 0 Å². The molecule has 0 aliphatic rings. The van der Waals surface area contributed by atoms with Crippen LogP contribution in [0, 0.1) is 0 Å². The Morgan fingerprint density at radius 1 is 0.354 bits per heavy atom. The lowest BCUT2D eigenvalue weighted by molar-refractivity contribution is 0.866. The topological polar surface area (TPSA) is 13.0 Å². The number of hydrogen-bond donors (Lipinski definition) is 0. The highest BCUT2D eigenvalue weighted by molar-refractivity contribution is 6.09. The van der Waals surface area contributed by atoms with Gasteiger partial charge in [-0.3, -0.25) is 0 Å². The van der Waals surface area contributed by atoms with Crippen LogP contribution >= 0.6 is 0 Å². The third-order valence-electron chi connectivity index (χ3n) is 15.5. The standard InChI is InChI=1S/C78H76N4/c1-11-12-33-73-74(77(81(66-29-21-15-22-30-66)70-46-38-62(39-47-70)57(6)7)52-59(10)79(64-25-17-13-18-26-64)68-42-34-60(35-43-68)55(2)3)50-51-75-76(73)53-72(80(65-27-19-14-20-28-65)69-44-36-61(37-45-69)56(4)5)54-78(75)82(67-31-23-16-24-32-67)71-48-40-63(41-49-71)58(8)9/h11-58H,1,10H2,2-9H3/b33-12-,77-52+. The lowest BCUT2D eigenvalue weighted by Gasteiger charge is -2.33. The van der Waals surface area contributed by atoms with Gasteiger partial charge in [-0.25, -0.2) is 0 Å². The summed E-state index contributed by atoms with van der Waals surface area (Å²) in [6.07, 6.45) is 8.48. The summed E-state index contributed by atoms with van der Waals surface area (Å²) in [5.41, 5.74) is 19.3. The van der Waals surface area contributed by atoms with Gasteiger partial charge in [0.05, 0.1) is 11.4 Å². The molecule has 10 aromatic carbocycles. The normalized spacial score (nSPS) is 11.7. The fraction of sp³-hybridized carbons (Fsp3) is 0.154. The minimum Gasteiger partial charge on any atom is -0.311 e. The van der Waals surface area contributed by atoms with Crippen molar-refractivity contribution in [1.29, 1.82) is 0 Å². The largest absolute Gasteiger partial charge is 0.311 e. The molecule has 0 spiro atoms. The van der Waals surface area contributed by atoms with Crippen molar-refractivity contribution < 1.29 is 0 Å². The number of anilines is 10. The molecule has 10 aromatic rings. The van der Waals surface area contributed by atoms with Crippen molar-refractivity contribution in [1.82, 2.24) is 0 Å². The molecular weight excluding hydrogens is 993 g/mol. The van der Waals surface area contributed by atoms with Gasteiger partial charge in [0.2, 0.25) is 0 Å². The number of para-hydroxylation sites is 4. The van der Waals surface area contributed by atoms with Crippen molar-refractivity contribution in [2.24, 2.45) is 0 Å². The lowest BCUT2D eigenvalue weighted by atomic mass is 9.92. The molecule has 0 heterocycles. The van der Waals surface area contributed by atoms with E-state index in [9.17, 15) is 0 Å². The predicted octanol–water partition coefficient (Wildman–Crippen LogP) is 23.0. The molecule has 4 nitrogen and oxygen atoms in total. The van der Waals surface area contributed by atoms with Crippen LogP contribution in [0.4, 0.5) is 56.9 Å². The van der Waals surface area contributed by atoms with Crippen LogP contribution in [0.3, 0.4) is 0 Å². The summed E-state index contributed by atoms with van der Waals surface area (Å²) in [4.78, 5) is 9.50. The summed E-state index contributed by atoms with van der Waals surface area (Å²) >= 11 is 0. The second-order valence-electron chi connectivity index (χ2n) is 22.4. The summed E-state index contributed by atoms with van der Waals surface area (Å²) in [7, 11) is 0. The Hall–Kier alpha value is -9.38. The Morgan fingerprint density at radius 2 is 0.707 bits per heavy atom. The molecule has 0 unspecified atom stereocenters. The number of fused-ring (bicyclic) bond motifs is 1. The molecular formula is C78H76N4. The van der Waals surface area contributed by atoms with Gasteiger partial charge in [0.15, 0.2) is 0 Å². The van der Waals surface area contributed by atoms with Gasteiger partial charge in [-0.15, -0.1) is 0 Å². The average Bonchev–Trinajstić information content (AvgIpc) is 3.60. The fourth-order valence-corrected chi connectivity index (χ4v) is 10.9. The maximum atomic E-state index is 5.01. The molecule has 0 aliphatic heterocycles. The molecule has 10 rings (SSSR count). The summed E-state index contributed by atoms with van der Waals surface area (Å²) in [5.74, 6) is 1.52. The maximum Gasteiger partial charge on any atom is 0.0561 e. The van der Waals surface area contributed by atoms with Gasteiger partial charge in [0.1, 0.15) is 0 Å². The first-order valence-electron chi connectivity index (χ1n) is 29.0. The molecule has 82 heavy (non-hydrogen) atoms. The van der Waals surface area contributed by atoms with Gasteiger partial charge >= 0.3 is 0 Å². The Kier molecular flexibility index (Phi) is 17.3. The quantitative estimate of drug-likeness (QED) is 0.0705. The van der Waals surface area contributed by atoms with Gasteiger partial charge in [-0.2, -0.15) is 0 Å². The van der Waals surface area contributed by atoms with E-state index in [1.165, 1.54) is 22.3 Å². The first-order chi connectivity index (χ1) is 39.9. The minimum atomic E-state index is 0.363. The van der Waals surface area contributed by atoms with Crippen LogP contribution in [-0.4, -0.2) is 0 Å². The predicted molar refractivity (Wildman–Crippen MR) is 356 cm³/mol. The molecule has 0 fully saturated rings. The highest BCUT2D eigenvalue weighted by Gasteiger charge is 2.27. The van der Waals surface area contributed by atoms with Crippen molar-refractivity contribution in [3.05, 3.63) is 313 Å². The lowest BCUT2D eigenvalue weighted by Crippen LogP contribution is -2.20. The van der Waals surface area contributed by atoms with Crippen LogP contribution in [0.15, 0.2) is 280 Å². The molecule has 0 saturated carbocycles. The van der Waals surface area contributed by atoms with E-state index in [1.54, 1.807) is 0 Å². The number of rotatable bonds is 20. The van der Waals surface area contributed by atoms with Crippen molar-refractivity contribution >= 4 is 79.4 Å². The first kappa shape index (κ1) is 55.9. The smallest absolute Gasteiger partial charge is 0.0561 e. The van der Waals surface area contributed by atoms with E-state index < -0.39 is 0 Å². The van der Waals surface area contributed by atoms with Gasteiger partial charge in [0, 0.05) is 67.8 Å². The van der Waals surface area contributed by atoms with Gasteiger partial charge in [-0.05, 0) is 172 Å². The highest BCUT2D eigenvalue weighted by atomic mass is 15.2. The highest BCUT2D eigenvalue weighted by Crippen LogP contribution is 2.48. The zero-order valence-electron chi connectivity index (χ0n) is 48.9. The van der Waals surface area contributed by atoms with Crippen LogP contribution in [-0.2, 0) is 0 Å². The summed E-state index contributed by atoms with van der Waals surface area (Å²) in [6.45, 7) is 27.3. The molecule has 0 bridgehead atoms. The van der Waals surface area contributed by atoms with Crippen LogP contribution in [0.2, 0.25) is 0 Å². The Labute approximate surface area is 488 Å². The number of nitrogens with zero attached hydrogens (tertiary/aromatic N) is 4. The van der Waals surface area contributed by atoms with Crippen molar-refractivity contribution in [2.75, 3.05) is 19.6 Å². The maximum absolute atomic E-state index is 5.01. The SMILES string of the molecule is C=C/C=C\c1c(/C(=C\C(=C)N(c2ccccc2)c2ccc(C(C)C)cc2)N(c2ccccc2)c2ccc(C(C)C)cc2)ccc2c(N(c3ccccc3)c3ccc(C(C)C)cc3)cc(N(c3ccccc3)c3ccc(C(C)C)cc3)cc12. The van der Waals surface area contributed by atoms with Gasteiger partial charge in [-0.1, -0.05) is 220 Å². The van der Waals surface area contributed by atoms with E-state index in [2.05, 4.69) is 342 Å². The van der Waals surface area contributed by atoms with Crippen molar-refractivity contribution in [3.8, 4) is 0 Å². The minimum absolute atomic E-state index is 0.363. The van der Waals surface area contributed by atoms with Gasteiger partial charge in [0.25, 0.3) is 0 Å². The van der Waals surface area contributed by atoms with E-state index in [0.29, 0.717) is 23.7 Å². The number of benzene rings is 10. The molecule has 4 heteroatoms. The zero-order chi connectivity index (χ0) is 57.3. The Morgan fingerprint density at radius 3 is 1.13 bits per heavy atom. The molecule has 0 aromatic heterocycles. The summed E-state index contributed by atoms with van der Waals surface area (Å²) in [6, 6.07) is 88.5. The van der Waals surface area contributed by atoms with E-state index in [-0.39, 0.29) is 0 Å². The molecule has 0 radical (unpaired) electrons. The van der Waals surface area contributed by atoms with E-state index in [0.717, 1.165) is 90.2 Å². The third-order valence-corrected chi connectivity index (χ3v) is 15.5. The fourth-order valence-electron chi connectivity index (χ4n) is 10.9. The van der Waals surface area contributed by atoms with Crippen molar-refractivity contribution in [2.45, 2.75) is 79.1 Å². The Balaban J connectivity index is 1.33. The molecule has 0 amide bonds. The van der Waals surface area contributed by atoms with Crippen LogP contribution in [0.1, 0.15) is 112 Å². The Bertz CT molecular complexity index is 3800. The van der Waals surface area contributed by atoms with Crippen LogP contribution in [0.5, 0.6) is 0 Å². The summed E-state index contributed by atoms with van der Waals surface area (Å²) < 4.78 is 0. The van der Waals surface area contributed by atoms with Crippen molar-refractivity contribution in [3.63, 3.8) is 0 Å². The number of allylic oxidation sites excluding steroid dienone is 3. The molecule has 0 saturated heterocycles. The number of hydrogen-bond acceptors (Lipinski definition) is 4. The first-order valence-corrected chi connectivity index (χ1v) is 29.0. The molecule has 0 aliphatic carbocycles. The third kappa shape index (κ3) is 12.2. The van der Waals surface area contributed by atoms with Gasteiger partial charge < -0.3 is 19.6 Å². The molecule has 0 atom stereocenters. The van der Waals surface area contributed by atoms with Crippen LogP contribution in [0.25, 0.3) is 22.5 Å². The van der Waals surface area contributed by atoms with Crippen LogP contribution < -0.4 is 19.6 Å². The average molecular weight is 1070 g/mol. The molecule has 408 valence electrons. The van der Waals surface area contributed by atoms with E-state index in [4.69, 9.17) is 6.58 Å². The summed E-state index contributed by atoms with van der Waals surface area (Å²) in [5, 5.41) is 2.14. The second-order valence-corrected chi connectivity index (χ2v) is 22.4. The monoisotopic (exact) mass is 1070 g/mol. The second kappa shape index (κ2) is 25.4. The van der Waals surface area contributed by atoms with E-state index in [1.807, 2.05) is 6.08 Å².